The Morgan fingerprint density at radius 1 is 1.06 bits per heavy atom. The average molecular weight is 427 g/mol. The van der Waals surface area contributed by atoms with Crippen LogP contribution in [0.3, 0.4) is 0 Å². The molecule has 0 saturated heterocycles. The average Bonchev–Trinajstić information content (AvgIpc) is 2.79. The Morgan fingerprint density at radius 2 is 1.84 bits per heavy atom. The molecular weight excluding hydrogens is 396 g/mol. The lowest BCUT2D eigenvalue weighted by atomic mass is 9.90. The second kappa shape index (κ2) is 10.6. The summed E-state index contributed by atoms with van der Waals surface area (Å²) in [5.41, 5.74) is 2.88. The van der Waals surface area contributed by atoms with Gasteiger partial charge in [0.25, 0.3) is 0 Å². The van der Waals surface area contributed by atoms with E-state index in [1.54, 1.807) is 21.3 Å². The number of carbonyl (C=O) groups excluding carboxylic acids is 1. The molecular formula is C23H30N4O4. The van der Waals surface area contributed by atoms with Crippen LogP contribution >= 0.6 is 0 Å². The van der Waals surface area contributed by atoms with Crippen molar-refractivity contribution >= 4 is 17.6 Å². The Kier molecular flexibility index (Phi) is 7.59. The Balaban J connectivity index is 1.75. The van der Waals surface area contributed by atoms with Gasteiger partial charge < -0.3 is 30.2 Å². The van der Waals surface area contributed by atoms with E-state index in [1.165, 1.54) is 0 Å². The van der Waals surface area contributed by atoms with Crippen molar-refractivity contribution in [1.82, 2.24) is 10.6 Å². The van der Waals surface area contributed by atoms with Gasteiger partial charge in [-0.3, -0.25) is 4.79 Å². The molecule has 3 rings (SSSR count). The van der Waals surface area contributed by atoms with Gasteiger partial charge in [-0.25, -0.2) is 4.99 Å². The number of aliphatic imine (C=N–C) groups is 1. The standard InChI is InChI=1S/C23H30N4O4/c1-5-24-23(25-13-15-10-11-19(29-2)22(31-4)21(15)30-3)26-14-16-12-20(28)27-18-9-7-6-8-17(16)18/h6-11,16H,5,12-14H2,1-4H3,(H,27,28)(H2,24,25,26). The molecule has 1 unspecified atom stereocenters. The van der Waals surface area contributed by atoms with E-state index in [2.05, 4.69) is 22.0 Å². The van der Waals surface area contributed by atoms with Crippen molar-refractivity contribution in [1.29, 1.82) is 0 Å². The molecule has 0 aromatic heterocycles. The lowest BCUT2D eigenvalue weighted by Gasteiger charge is -2.26. The number of hydrogen-bond acceptors (Lipinski definition) is 5. The molecule has 0 aliphatic carbocycles. The van der Waals surface area contributed by atoms with E-state index >= 15 is 0 Å². The van der Waals surface area contributed by atoms with Gasteiger partial charge in [-0.05, 0) is 30.7 Å². The van der Waals surface area contributed by atoms with Crippen molar-refractivity contribution in [2.45, 2.75) is 25.8 Å². The molecule has 8 nitrogen and oxygen atoms in total. The molecule has 8 heteroatoms. The first-order valence-corrected chi connectivity index (χ1v) is 10.3. The Labute approximate surface area is 183 Å². The van der Waals surface area contributed by atoms with Gasteiger partial charge in [0.05, 0.1) is 27.9 Å². The number of benzene rings is 2. The van der Waals surface area contributed by atoms with E-state index in [9.17, 15) is 4.79 Å². The summed E-state index contributed by atoms with van der Waals surface area (Å²) in [7, 11) is 4.77. The number of amides is 1. The second-order valence-electron chi connectivity index (χ2n) is 7.11. The van der Waals surface area contributed by atoms with Crippen molar-refractivity contribution in [3.05, 3.63) is 47.5 Å². The number of nitrogens with zero attached hydrogens (tertiary/aromatic N) is 1. The summed E-state index contributed by atoms with van der Waals surface area (Å²) in [6.45, 7) is 3.72. The van der Waals surface area contributed by atoms with Crippen molar-refractivity contribution in [2.75, 3.05) is 39.7 Å². The number of guanidine groups is 1. The molecule has 0 bridgehead atoms. The lowest BCUT2D eigenvalue weighted by molar-refractivity contribution is -0.116. The second-order valence-corrected chi connectivity index (χ2v) is 7.11. The van der Waals surface area contributed by atoms with E-state index in [0.717, 1.165) is 23.4 Å². The van der Waals surface area contributed by atoms with E-state index < -0.39 is 0 Å². The number of carbonyl (C=O) groups is 1. The third kappa shape index (κ3) is 5.20. The van der Waals surface area contributed by atoms with E-state index in [1.807, 2.05) is 37.3 Å². The Morgan fingerprint density at radius 3 is 2.55 bits per heavy atom. The predicted octanol–water partition coefficient (Wildman–Crippen LogP) is 2.89. The highest BCUT2D eigenvalue weighted by Gasteiger charge is 2.24. The van der Waals surface area contributed by atoms with Gasteiger partial charge in [-0.1, -0.05) is 18.2 Å². The van der Waals surface area contributed by atoms with Crippen LogP contribution in [0, 0.1) is 0 Å². The number of nitrogens with one attached hydrogen (secondary N) is 3. The summed E-state index contributed by atoms with van der Waals surface area (Å²) in [6.07, 6.45) is 0.437. The SMILES string of the molecule is CCNC(=NCc1ccc(OC)c(OC)c1OC)NCC1CC(=O)Nc2ccccc21. The number of para-hydroxylation sites is 1. The van der Waals surface area contributed by atoms with E-state index in [0.29, 0.717) is 42.7 Å². The molecule has 0 fully saturated rings. The molecule has 0 spiro atoms. The maximum atomic E-state index is 12.1. The van der Waals surface area contributed by atoms with Crippen molar-refractivity contribution in [2.24, 2.45) is 4.99 Å². The van der Waals surface area contributed by atoms with Crippen molar-refractivity contribution in [3.8, 4) is 17.2 Å². The number of anilines is 1. The summed E-state index contributed by atoms with van der Waals surface area (Å²) in [4.78, 5) is 16.8. The number of rotatable bonds is 8. The first-order valence-electron chi connectivity index (χ1n) is 10.3. The number of methoxy groups -OCH3 is 3. The van der Waals surface area contributed by atoms with Crippen LogP contribution in [0.25, 0.3) is 0 Å². The van der Waals surface area contributed by atoms with Gasteiger partial charge in [0.1, 0.15) is 0 Å². The summed E-state index contributed by atoms with van der Waals surface area (Å²) in [5, 5.41) is 9.56. The first kappa shape index (κ1) is 22.3. The normalized spacial score (nSPS) is 15.5. The number of ether oxygens (including phenoxy) is 3. The maximum Gasteiger partial charge on any atom is 0.225 e. The van der Waals surface area contributed by atoms with E-state index in [-0.39, 0.29) is 11.8 Å². The maximum absolute atomic E-state index is 12.1. The monoisotopic (exact) mass is 426 g/mol. The fourth-order valence-corrected chi connectivity index (χ4v) is 3.70. The van der Waals surface area contributed by atoms with Crippen LogP contribution in [0.2, 0.25) is 0 Å². The van der Waals surface area contributed by atoms with Crippen LogP contribution < -0.4 is 30.2 Å². The summed E-state index contributed by atoms with van der Waals surface area (Å²) in [6, 6.07) is 11.7. The molecule has 31 heavy (non-hydrogen) atoms. The zero-order valence-electron chi connectivity index (χ0n) is 18.5. The van der Waals surface area contributed by atoms with Gasteiger partial charge in [-0.15, -0.1) is 0 Å². The fourth-order valence-electron chi connectivity index (χ4n) is 3.70. The largest absolute Gasteiger partial charge is 0.493 e. The van der Waals surface area contributed by atoms with E-state index in [4.69, 9.17) is 19.2 Å². The Hall–Kier alpha value is -3.42. The van der Waals surface area contributed by atoms with Gasteiger partial charge >= 0.3 is 0 Å². The van der Waals surface area contributed by atoms with Crippen LogP contribution in [-0.2, 0) is 11.3 Å². The molecule has 2 aromatic carbocycles. The topological polar surface area (TPSA) is 93.2 Å². The summed E-state index contributed by atoms with van der Waals surface area (Å²) >= 11 is 0. The quantitative estimate of drug-likeness (QED) is 0.444. The molecule has 1 aliphatic rings. The highest BCUT2D eigenvalue weighted by atomic mass is 16.5. The van der Waals surface area contributed by atoms with Crippen LogP contribution in [0.5, 0.6) is 17.2 Å². The highest BCUT2D eigenvalue weighted by molar-refractivity contribution is 5.94. The van der Waals surface area contributed by atoms with Crippen LogP contribution in [0.1, 0.15) is 30.4 Å². The number of hydrogen-bond donors (Lipinski definition) is 3. The fraction of sp³-hybridized carbons (Fsp3) is 0.391. The van der Waals surface area contributed by atoms with Crippen molar-refractivity contribution < 1.29 is 19.0 Å². The van der Waals surface area contributed by atoms with Gasteiger partial charge in [0.15, 0.2) is 17.5 Å². The highest BCUT2D eigenvalue weighted by Crippen LogP contribution is 2.40. The smallest absolute Gasteiger partial charge is 0.225 e. The van der Waals surface area contributed by atoms with Gasteiger partial charge in [0.2, 0.25) is 11.7 Å². The molecule has 166 valence electrons. The molecule has 1 amide bonds. The van der Waals surface area contributed by atoms with Crippen LogP contribution in [0.15, 0.2) is 41.4 Å². The zero-order chi connectivity index (χ0) is 22.2. The Bertz CT molecular complexity index is 945. The van der Waals surface area contributed by atoms with Crippen LogP contribution in [-0.4, -0.2) is 46.3 Å². The lowest BCUT2D eigenvalue weighted by Crippen LogP contribution is -2.40. The van der Waals surface area contributed by atoms with Crippen molar-refractivity contribution in [3.63, 3.8) is 0 Å². The van der Waals surface area contributed by atoms with Gasteiger partial charge in [0, 0.05) is 36.7 Å². The third-order valence-corrected chi connectivity index (χ3v) is 5.16. The van der Waals surface area contributed by atoms with Gasteiger partial charge in [-0.2, -0.15) is 0 Å². The molecule has 3 N–H and O–H groups in total. The minimum absolute atomic E-state index is 0.0301. The molecule has 0 saturated carbocycles. The zero-order valence-corrected chi connectivity index (χ0v) is 18.5. The minimum atomic E-state index is 0.0301. The molecule has 0 radical (unpaired) electrons. The third-order valence-electron chi connectivity index (χ3n) is 5.16. The first-order chi connectivity index (χ1) is 15.1. The molecule has 1 atom stereocenters. The number of fused-ring (bicyclic) bond motifs is 1. The minimum Gasteiger partial charge on any atom is -0.493 e. The summed E-state index contributed by atoms with van der Waals surface area (Å²) in [5.74, 6) is 2.51. The molecule has 2 aromatic rings. The molecule has 1 heterocycles. The predicted molar refractivity (Wildman–Crippen MR) is 121 cm³/mol. The molecule has 1 aliphatic heterocycles. The summed E-state index contributed by atoms with van der Waals surface area (Å²) < 4.78 is 16.3. The van der Waals surface area contributed by atoms with Crippen LogP contribution in [0.4, 0.5) is 5.69 Å².